The lowest BCUT2D eigenvalue weighted by Gasteiger charge is -2.22. The molecule has 0 spiro atoms. The molecule has 3 atom stereocenters. The molecule has 0 aliphatic carbocycles. The number of ether oxygens (including phenoxy) is 1. The maximum absolute atomic E-state index is 6.05. The van der Waals surface area contributed by atoms with Crippen molar-refractivity contribution >= 4 is 0 Å². The van der Waals surface area contributed by atoms with Crippen LogP contribution in [-0.4, -0.2) is 16.7 Å². The van der Waals surface area contributed by atoms with Crippen LogP contribution in [0.4, 0.5) is 0 Å². The van der Waals surface area contributed by atoms with E-state index in [0.717, 1.165) is 5.69 Å². The van der Waals surface area contributed by atoms with Crippen molar-refractivity contribution in [2.75, 3.05) is 0 Å². The van der Waals surface area contributed by atoms with E-state index in [1.165, 1.54) is 24.8 Å². The van der Waals surface area contributed by atoms with Crippen LogP contribution in [0.2, 0.25) is 0 Å². The molecule has 2 saturated heterocycles. The molecule has 2 aliphatic heterocycles. The Morgan fingerprint density at radius 3 is 3.00 bits per heavy atom. The predicted octanol–water partition coefficient (Wildman–Crippen LogP) is 2.82. The van der Waals surface area contributed by atoms with Gasteiger partial charge in [0.25, 0.3) is 0 Å². The summed E-state index contributed by atoms with van der Waals surface area (Å²) in [7, 11) is 0. The molecule has 0 saturated carbocycles. The highest BCUT2D eigenvalue weighted by atomic mass is 16.5. The van der Waals surface area contributed by atoms with Crippen molar-refractivity contribution in [2.24, 2.45) is 0 Å². The lowest BCUT2D eigenvalue weighted by atomic mass is 9.79. The van der Waals surface area contributed by atoms with E-state index in [0.29, 0.717) is 12.0 Å². The Morgan fingerprint density at radius 1 is 1.53 bits per heavy atom. The molecule has 15 heavy (non-hydrogen) atoms. The van der Waals surface area contributed by atoms with Crippen molar-refractivity contribution < 1.29 is 4.74 Å². The number of hydrogen-bond acceptors (Lipinski definition) is 2. The van der Waals surface area contributed by atoms with Gasteiger partial charge in [-0.2, -0.15) is 0 Å². The molecule has 0 radical (unpaired) electrons. The minimum Gasteiger partial charge on any atom is -0.371 e. The standard InChI is InChI=1S/C13H17NO/c1-9-7-10(4-6-14-9)11-8-13(2)5-3-12(11)15-13/h4,6-7,11-12H,3,5,8H2,1-2H3. The molecule has 2 heteroatoms. The van der Waals surface area contributed by atoms with Gasteiger partial charge in [0.05, 0.1) is 11.7 Å². The van der Waals surface area contributed by atoms with Crippen LogP contribution in [-0.2, 0) is 4.74 Å². The highest BCUT2D eigenvalue weighted by Crippen LogP contribution is 2.50. The van der Waals surface area contributed by atoms with Crippen LogP contribution in [0.1, 0.15) is 43.4 Å². The first kappa shape index (κ1) is 9.34. The molecule has 2 nitrogen and oxygen atoms in total. The Bertz CT molecular complexity index is 390. The summed E-state index contributed by atoms with van der Waals surface area (Å²) >= 11 is 0. The van der Waals surface area contributed by atoms with Crippen molar-refractivity contribution in [2.45, 2.75) is 50.7 Å². The highest BCUT2D eigenvalue weighted by Gasteiger charge is 2.49. The van der Waals surface area contributed by atoms with E-state index in [-0.39, 0.29) is 5.60 Å². The Morgan fingerprint density at radius 2 is 2.40 bits per heavy atom. The number of fused-ring (bicyclic) bond motifs is 2. The molecule has 3 rings (SSSR count). The van der Waals surface area contributed by atoms with Crippen molar-refractivity contribution in [3.8, 4) is 0 Å². The average Bonchev–Trinajstić information content (AvgIpc) is 2.73. The van der Waals surface area contributed by atoms with Gasteiger partial charge in [0.2, 0.25) is 0 Å². The lowest BCUT2D eigenvalue weighted by Crippen LogP contribution is -2.21. The summed E-state index contributed by atoms with van der Waals surface area (Å²) in [5.74, 6) is 0.602. The molecule has 2 bridgehead atoms. The second kappa shape index (κ2) is 3.05. The zero-order valence-electron chi connectivity index (χ0n) is 9.36. The minimum atomic E-state index is 0.159. The van der Waals surface area contributed by atoms with Crippen molar-refractivity contribution in [3.05, 3.63) is 29.6 Å². The molecular weight excluding hydrogens is 186 g/mol. The van der Waals surface area contributed by atoms with E-state index in [9.17, 15) is 0 Å². The highest BCUT2D eigenvalue weighted by molar-refractivity contribution is 5.25. The van der Waals surface area contributed by atoms with E-state index in [1.54, 1.807) is 0 Å². The molecule has 80 valence electrons. The minimum absolute atomic E-state index is 0.159. The van der Waals surface area contributed by atoms with E-state index in [4.69, 9.17) is 4.74 Å². The molecule has 0 amide bonds. The summed E-state index contributed by atoms with van der Waals surface area (Å²) in [5.41, 5.74) is 2.68. The SMILES string of the molecule is Cc1cc(C2CC3(C)CCC2O3)ccn1. The molecular formula is C13H17NO. The number of rotatable bonds is 1. The Balaban J connectivity index is 1.91. The monoisotopic (exact) mass is 203 g/mol. The fourth-order valence-corrected chi connectivity index (χ4v) is 3.09. The van der Waals surface area contributed by atoms with Crippen molar-refractivity contribution in [1.82, 2.24) is 4.98 Å². The Hall–Kier alpha value is -0.890. The van der Waals surface area contributed by atoms with Gasteiger partial charge >= 0.3 is 0 Å². The second-order valence-electron chi connectivity index (χ2n) is 5.19. The fourth-order valence-electron chi connectivity index (χ4n) is 3.09. The van der Waals surface area contributed by atoms with Crippen molar-refractivity contribution in [3.63, 3.8) is 0 Å². The number of hydrogen-bond donors (Lipinski definition) is 0. The molecule has 3 unspecified atom stereocenters. The van der Waals surface area contributed by atoms with Crippen molar-refractivity contribution in [1.29, 1.82) is 0 Å². The summed E-state index contributed by atoms with van der Waals surface area (Å²) in [6, 6.07) is 4.35. The average molecular weight is 203 g/mol. The zero-order valence-corrected chi connectivity index (χ0v) is 9.36. The molecule has 2 aliphatic rings. The summed E-state index contributed by atoms with van der Waals surface area (Å²) in [4.78, 5) is 4.25. The maximum Gasteiger partial charge on any atom is 0.0666 e. The predicted molar refractivity (Wildman–Crippen MR) is 58.8 cm³/mol. The van der Waals surface area contributed by atoms with Gasteiger partial charge in [-0.15, -0.1) is 0 Å². The molecule has 1 aromatic rings. The number of aromatic nitrogens is 1. The van der Waals surface area contributed by atoms with E-state index in [2.05, 4.69) is 31.0 Å². The van der Waals surface area contributed by atoms with Crippen LogP contribution >= 0.6 is 0 Å². The zero-order chi connectivity index (χ0) is 10.5. The molecule has 0 N–H and O–H groups in total. The van der Waals surface area contributed by atoms with Gasteiger partial charge in [-0.05, 0) is 50.8 Å². The third kappa shape index (κ3) is 1.48. The van der Waals surface area contributed by atoms with Crippen LogP contribution in [0.5, 0.6) is 0 Å². The van der Waals surface area contributed by atoms with Gasteiger partial charge in [-0.1, -0.05) is 0 Å². The van der Waals surface area contributed by atoms with Crippen LogP contribution in [0.25, 0.3) is 0 Å². The normalized spacial score (nSPS) is 38.5. The van der Waals surface area contributed by atoms with Gasteiger partial charge < -0.3 is 4.74 Å². The molecule has 1 aromatic heterocycles. The van der Waals surface area contributed by atoms with Gasteiger partial charge in [0, 0.05) is 17.8 Å². The first-order valence-corrected chi connectivity index (χ1v) is 5.77. The summed E-state index contributed by atoms with van der Waals surface area (Å²) in [6.45, 7) is 4.31. The molecule has 0 aromatic carbocycles. The van der Waals surface area contributed by atoms with Crippen LogP contribution in [0.15, 0.2) is 18.3 Å². The quantitative estimate of drug-likeness (QED) is 0.700. The van der Waals surface area contributed by atoms with Gasteiger partial charge in [-0.3, -0.25) is 4.98 Å². The fraction of sp³-hybridized carbons (Fsp3) is 0.615. The summed E-state index contributed by atoms with van der Waals surface area (Å²) in [6.07, 6.45) is 6.01. The van der Waals surface area contributed by atoms with Gasteiger partial charge in [0.1, 0.15) is 0 Å². The Labute approximate surface area is 90.7 Å². The number of nitrogens with zero attached hydrogens (tertiary/aromatic N) is 1. The van der Waals surface area contributed by atoms with Crippen LogP contribution in [0, 0.1) is 6.92 Å². The number of aryl methyl sites for hydroxylation is 1. The van der Waals surface area contributed by atoms with E-state index in [1.807, 2.05) is 6.20 Å². The van der Waals surface area contributed by atoms with E-state index >= 15 is 0 Å². The maximum atomic E-state index is 6.05. The first-order chi connectivity index (χ1) is 7.16. The first-order valence-electron chi connectivity index (χ1n) is 5.77. The largest absolute Gasteiger partial charge is 0.371 e. The van der Waals surface area contributed by atoms with Crippen LogP contribution in [0.3, 0.4) is 0 Å². The van der Waals surface area contributed by atoms with Gasteiger partial charge in [-0.25, -0.2) is 0 Å². The molecule has 3 heterocycles. The molecule has 2 fully saturated rings. The third-order valence-electron chi connectivity index (χ3n) is 3.84. The lowest BCUT2D eigenvalue weighted by molar-refractivity contribution is 0.0270. The summed E-state index contributed by atoms with van der Waals surface area (Å²) < 4.78 is 6.05. The number of pyridine rings is 1. The van der Waals surface area contributed by atoms with Gasteiger partial charge in [0.15, 0.2) is 0 Å². The van der Waals surface area contributed by atoms with Crippen LogP contribution < -0.4 is 0 Å². The Kier molecular flexibility index (Phi) is 1.90. The second-order valence-corrected chi connectivity index (χ2v) is 5.19. The smallest absolute Gasteiger partial charge is 0.0666 e. The topological polar surface area (TPSA) is 22.1 Å². The van der Waals surface area contributed by atoms with E-state index < -0.39 is 0 Å². The summed E-state index contributed by atoms with van der Waals surface area (Å²) in [5, 5.41) is 0. The third-order valence-corrected chi connectivity index (χ3v) is 3.84.